The average molecular weight is 817 g/mol. The molecular weight excluding hydrogens is 733 g/mol. The number of nitrogens with zero attached hydrogens (tertiary/aromatic N) is 2. The smallest absolute Gasteiger partial charge is 0.374 e. The predicted molar refractivity (Wildman–Crippen MR) is 238 cm³/mol. The van der Waals surface area contributed by atoms with E-state index in [0.29, 0.717) is 39.6 Å². The van der Waals surface area contributed by atoms with Crippen molar-refractivity contribution < 1.29 is 26.6 Å². The van der Waals surface area contributed by atoms with Gasteiger partial charge in [0.05, 0.1) is 11.4 Å². The summed E-state index contributed by atoms with van der Waals surface area (Å²) in [5.41, 5.74) is 4.76. The number of unbranched alkanes of at least 4 members (excludes halogenated alkanes) is 18. The molecule has 0 aliphatic rings. The lowest BCUT2D eigenvalue weighted by atomic mass is 10.0. The highest BCUT2D eigenvalue weighted by molar-refractivity contribution is 6.61. The van der Waals surface area contributed by atoms with Crippen LogP contribution in [-0.2, 0) is 39.4 Å². The monoisotopic (exact) mass is 817 g/mol. The van der Waals surface area contributed by atoms with Crippen molar-refractivity contribution in [3.05, 3.63) is 47.8 Å². The number of aryl methyl sites for hydroxylation is 2. The van der Waals surface area contributed by atoms with Gasteiger partial charge >= 0.3 is 17.6 Å². The van der Waals surface area contributed by atoms with Crippen molar-refractivity contribution >= 4 is 17.6 Å². The topological polar surface area (TPSA) is 81.2 Å². The third-order valence-electron chi connectivity index (χ3n) is 10.5. The maximum absolute atomic E-state index is 5.99. The Balaban J connectivity index is 1.53. The molecule has 0 unspecified atom stereocenters. The molecule has 8 nitrogen and oxygen atoms in total. The van der Waals surface area contributed by atoms with Crippen LogP contribution in [0.15, 0.2) is 36.7 Å². The summed E-state index contributed by atoms with van der Waals surface area (Å²) in [6, 6.07) is 10.8. The van der Waals surface area contributed by atoms with Crippen molar-refractivity contribution in [3.8, 4) is 11.4 Å². The van der Waals surface area contributed by atoms with E-state index in [1.54, 1.807) is 0 Å². The van der Waals surface area contributed by atoms with Crippen LogP contribution >= 0.6 is 0 Å². The zero-order valence-corrected chi connectivity index (χ0v) is 39.0. The van der Waals surface area contributed by atoms with Crippen molar-refractivity contribution in [2.45, 2.75) is 195 Å². The number of hydrogen-bond acceptors (Lipinski definition) is 8. The Morgan fingerprint density at radius 2 is 0.607 bits per heavy atom. The molecule has 0 aliphatic carbocycles. The maximum atomic E-state index is 5.99. The third kappa shape index (κ3) is 22.6. The first-order valence-electron chi connectivity index (χ1n) is 23.2. The van der Waals surface area contributed by atoms with Gasteiger partial charge in [0.2, 0.25) is 0 Å². The fourth-order valence-electron chi connectivity index (χ4n) is 7.71. The number of hydrogen-bond donors (Lipinski definition) is 0. The van der Waals surface area contributed by atoms with Crippen molar-refractivity contribution in [1.82, 2.24) is 9.97 Å². The molecule has 2 heterocycles. The van der Waals surface area contributed by atoms with Gasteiger partial charge in [-0.25, -0.2) is 0 Å². The molecule has 0 N–H and O–H groups in total. The maximum Gasteiger partial charge on any atom is 0.500 e. The second-order valence-electron chi connectivity index (χ2n) is 15.1. The first-order valence-corrected chi connectivity index (χ1v) is 27.1. The Bertz CT molecular complexity index is 1080. The van der Waals surface area contributed by atoms with Gasteiger partial charge in [-0.2, -0.15) is 0 Å². The Morgan fingerprint density at radius 3 is 0.875 bits per heavy atom. The largest absolute Gasteiger partial charge is 0.500 e. The van der Waals surface area contributed by atoms with E-state index >= 15 is 0 Å². The van der Waals surface area contributed by atoms with Gasteiger partial charge in [0, 0.05) is 64.1 Å². The van der Waals surface area contributed by atoms with Crippen LogP contribution in [0.1, 0.15) is 181 Å². The zero-order valence-electron chi connectivity index (χ0n) is 37.0. The zero-order chi connectivity index (χ0) is 40.4. The van der Waals surface area contributed by atoms with Gasteiger partial charge in [-0.1, -0.05) is 103 Å². The van der Waals surface area contributed by atoms with E-state index in [2.05, 4.69) is 24.3 Å². The Kier molecular flexibility index (Phi) is 30.1. The molecule has 0 fully saturated rings. The molecule has 2 aromatic rings. The Hall–Kier alpha value is -1.51. The van der Waals surface area contributed by atoms with Gasteiger partial charge in [0.15, 0.2) is 0 Å². The lowest BCUT2D eigenvalue weighted by Crippen LogP contribution is -2.45. The van der Waals surface area contributed by atoms with E-state index in [-0.39, 0.29) is 0 Å². The van der Waals surface area contributed by atoms with Gasteiger partial charge in [-0.05, 0) is 115 Å². The van der Waals surface area contributed by atoms with Gasteiger partial charge in [0.1, 0.15) is 0 Å². The first kappa shape index (κ1) is 50.6. The van der Waals surface area contributed by atoms with Crippen LogP contribution in [0.2, 0.25) is 12.1 Å². The van der Waals surface area contributed by atoms with E-state index in [0.717, 1.165) is 49.2 Å². The lowest BCUT2D eigenvalue weighted by Gasteiger charge is -2.28. The first-order chi connectivity index (χ1) is 27.5. The standard InChI is InChI=1S/C46H84N2O6Si2/c1-7-49-55(50-8-2,51-9-3)39-31-27-23-19-15-13-17-21-25-29-33-43-35-37-47-45(41-43)46-42-44(36-38-48-46)34-30-26-22-18-14-16-20-24-28-32-40-56(52-10-4,53-11-5)54-12-6/h35-38,41-42H,7-34,39-40H2,1-6H3. The van der Waals surface area contributed by atoms with Crippen molar-refractivity contribution in [1.29, 1.82) is 0 Å². The van der Waals surface area contributed by atoms with E-state index in [4.69, 9.17) is 36.5 Å². The summed E-state index contributed by atoms with van der Waals surface area (Å²) < 4.78 is 36.0. The van der Waals surface area contributed by atoms with Gasteiger partial charge in [0.25, 0.3) is 0 Å². The molecule has 2 rings (SSSR count). The highest BCUT2D eigenvalue weighted by atomic mass is 28.4. The quantitative estimate of drug-likeness (QED) is 0.0487. The minimum absolute atomic E-state index is 0.663. The van der Waals surface area contributed by atoms with Crippen LogP contribution < -0.4 is 0 Å². The van der Waals surface area contributed by atoms with E-state index in [9.17, 15) is 0 Å². The minimum Gasteiger partial charge on any atom is -0.374 e. The molecule has 0 saturated heterocycles. The van der Waals surface area contributed by atoms with Crippen LogP contribution in [0.3, 0.4) is 0 Å². The van der Waals surface area contributed by atoms with Crippen molar-refractivity contribution in [2.24, 2.45) is 0 Å². The van der Waals surface area contributed by atoms with Crippen LogP contribution in [-0.4, -0.2) is 67.2 Å². The fourth-order valence-corrected chi connectivity index (χ4v) is 13.1. The third-order valence-corrected chi connectivity index (χ3v) is 16.8. The second-order valence-corrected chi connectivity index (χ2v) is 20.6. The molecule has 0 amide bonds. The average Bonchev–Trinajstić information content (AvgIpc) is 3.19. The highest BCUT2D eigenvalue weighted by Crippen LogP contribution is 2.24. The fraction of sp³-hybridized carbons (Fsp3) is 0.783. The number of aromatic nitrogens is 2. The van der Waals surface area contributed by atoms with Crippen LogP contribution in [0.4, 0.5) is 0 Å². The molecule has 0 atom stereocenters. The summed E-state index contributed by atoms with van der Waals surface area (Å²) in [5.74, 6) is 0. The summed E-state index contributed by atoms with van der Waals surface area (Å²) in [6.07, 6.45) is 32.0. The van der Waals surface area contributed by atoms with E-state index in [1.807, 2.05) is 53.9 Å². The summed E-state index contributed by atoms with van der Waals surface area (Å²) in [4.78, 5) is 9.38. The molecule has 0 saturated carbocycles. The summed E-state index contributed by atoms with van der Waals surface area (Å²) in [5, 5.41) is 0. The summed E-state index contributed by atoms with van der Waals surface area (Å²) in [6.45, 7) is 16.2. The molecule has 0 aromatic carbocycles. The van der Waals surface area contributed by atoms with Crippen molar-refractivity contribution in [3.63, 3.8) is 0 Å². The molecule has 0 aliphatic heterocycles. The van der Waals surface area contributed by atoms with Gasteiger partial charge < -0.3 is 26.6 Å². The van der Waals surface area contributed by atoms with E-state index in [1.165, 1.54) is 127 Å². The van der Waals surface area contributed by atoms with Gasteiger partial charge in [-0.15, -0.1) is 0 Å². The normalized spacial score (nSPS) is 12.2. The molecule has 10 heteroatoms. The predicted octanol–water partition coefficient (Wildman–Crippen LogP) is 13.1. The van der Waals surface area contributed by atoms with Crippen LogP contribution in [0.5, 0.6) is 0 Å². The number of pyridine rings is 2. The van der Waals surface area contributed by atoms with Gasteiger partial charge in [-0.3, -0.25) is 9.97 Å². The molecule has 0 bridgehead atoms. The minimum atomic E-state index is -2.47. The van der Waals surface area contributed by atoms with Crippen LogP contribution in [0.25, 0.3) is 11.4 Å². The van der Waals surface area contributed by atoms with E-state index < -0.39 is 17.6 Å². The molecular formula is C46H84N2O6Si2. The molecule has 0 radical (unpaired) electrons. The van der Waals surface area contributed by atoms with Crippen LogP contribution in [0, 0.1) is 0 Å². The molecule has 2 aromatic heterocycles. The molecule has 56 heavy (non-hydrogen) atoms. The van der Waals surface area contributed by atoms with Crippen molar-refractivity contribution in [2.75, 3.05) is 39.6 Å². The lowest BCUT2D eigenvalue weighted by molar-refractivity contribution is 0.0698. The summed E-state index contributed by atoms with van der Waals surface area (Å²) in [7, 11) is -4.94. The second kappa shape index (κ2) is 33.3. The Labute approximate surface area is 346 Å². The molecule has 322 valence electrons. The SMILES string of the molecule is CCO[Si](CCCCCCCCCCCCc1ccnc(-c2cc(CCCCCCCCCCCC[Si](OCC)(OCC)OCC)ccn2)c1)(OCC)OCC. The number of rotatable bonds is 39. The highest BCUT2D eigenvalue weighted by Gasteiger charge is 2.40. The molecule has 0 spiro atoms. The Morgan fingerprint density at radius 1 is 0.357 bits per heavy atom. The summed E-state index contributed by atoms with van der Waals surface area (Å²) >= 11 is 0.